The molecule has 0 bridgehead atoms. The van der Waals surface area contributed by atoms with Crippen molar-refractivity contribution >= 4 is 45.0 Å². The molecule has 0 aliphatic rings. The van der Waals surface area contributed by atoms with E-state index in [4.69, 9.17) is 10.5 Å². The summed E-state index contributed by atoms with van der Waals surface area (Å²) >= 11 is 0. The normalized spacial score (nSPS) is 12.6. The summed E-state index contributed by atoms with van der Waals surface area (Å²) in [5.74, 6) is -2.90. The number of primary amides is 1. The number of benzene rings is 4. The van der Waals surface area contributed by atoms with Crippen molar-refractivity contribution in [3.63, 3.8) is 0 Å². The number of carbonyl (C=O) groups is 3. The van der Waals surface area contributed by atoms with Crippen molar-refractivity contribution in [2.24, 2.45) is 5.73 Å². The lowest BCUT2D eigenvalue weighted by atomic mass is 9.87. The average Bonchev–Trinajstić information content (AvgIpc) is 2.89. The van der Waals surface area contributed by atoms with Crippen molar-refractivity contribution < 1.29 is 24.0 Å². The molecular weight excluding hydrogens is 474 g/mol. The summed E-state index contributed by atoms with van der Waals surface area (Å²) in [5.41, 5.74) is 6.38. The Morgan fingerprint density at radius 2 is 1.51 bits per heavy atom. The summed E-state index contributed by atoms with van der Waals surface area (Å²) in [6.45, 7) is 1.78. The van der Waals surface area contributed by atoms with Gasteiger partial charge in [-0.1, -0.05) is 60.7 Å². The van der Waals surface area contributed by atoms with E-state index in [1.54, 1.807) is 6.92 Å². The molecule has 0 unspecified atom stereocenters. The second kappa shape index (κ2) is 10.9. The van der Waals surface area contributed by atoms with Crippen molar-refractivity contribution in [3.05, 3.63) is 100 Å². The molecule has 0 aliphatic carbocycles. The lowest BCUT2D eigenvalue weighted by Crippen LogP contribution is -2.48. The highest BCUT2D eigenvalue weighted by molar-refractivity contribution is 6.18. The number of amides is 2. The Morgan fingerprint density at radius 1 is 0.946 bits per heavy atom. The Bertz CT molecular complexity index is 1450. The van der Waals surface area contributed by atoms with Gasteiger partial charge < -0.3 is 15.8 Å². The lowest BCUT2D eigenvalue weighted by Gasteiger charge is -2.26. The van der Waals surface area contributed by atoms with E-state index in [-0.39, 0.29) is 18.7 Å². The number of nitro groups is 1. The molecule has 9 heteroatoms. The van der Waals surface area contributed by atoms with Crippen LogP contribution in [-0.4, -0.2) is 35.4 Å². The van der Waals surface area contributed by atoms with E-state index in [0.29, 0.717) is 21.9 Å². The molecule has 0 heterocycles. The van der Waals surface area contributed by atoms with Crippen LogP contribution >= 0.6 is 0 Å². The first-order valence-electron chi connectivity index (χ1n) is 11.7. The Labute approximate surface area is 212 Å². The number of esters is 1. The minimum absolute atomic E-state index is 0.126. The van der Waals surface area contributed by atoms with E-state index in [2.05, 4.69) is 5.32 Å². The highest BCUT2D eigenvalue weighted by Gasteiger charge is 2.33. The molecule has 0 fully saturated rings. The van der Waals surface area contributed by atoms with E-state index < -0.39 is 34.7 Å². The Balaban J connectivity index is 1.78. The van der Waals surface area contributed by atoms with Crippen LogP contribution in [0.1, 0.15) is 35.2 Å². The number of hydrogen-bond acceptors (Lipinski definition) is 6. The van der Waals surface area contributed by atoms with Crippen LogP contribution in [0.2, 0.25) is 0 Å². The molecule has 0 aliphatic heterocycles. The number of non-ortho nitro benzene ring substituents is 1. The van der Waals surface area contributed by atoms with Crippen LogP contribution in [0, 0.1) is 10.1 Å². The van der Waals surface area contributed by atoms with Crippen LogP contribution in [-0.2, 0) is 14.3 Å². The van der Waals surface area contributed by atoms with Gasteiger partial charge in [0.2, 0.25) is 5.91 Å². The number of hydrogen-bond donors (Lipinski definition) is 2. The fourth-order valence-corrected chi connectivity index (χ4v) is 4.51. The maximum Gasteiger partial charge on any atom is 0.306 e. The maximum absolute atomic E-state index is 13.8. The van der Waals surface area contributed by atoms with Gasteiger partial charge in [-0.3, -0.25) is 24.5 Å². The molecular formula is C28H25N3O6. The quantitative estimate of drug-likeness (QED) is 0.153. The van der Waals surface area contributed by atoms with Crippen molar-refractivity contribution in [1.82, 2.24) is 5.32 Å². The van der Waals surface area contributed by atoms with Crippen LogP contribution in [0.4, 0.5) is 5.69 Å². The van der Waals surface area contributed by atoms with Crippen molar-refractivity contribution in [1.29, 1.82) is 0 Å². The molecule has 4 aromatic rings. The van der Waals surface area contributed by atoms with Crippen molar-refractivity contribution in [3.8, 4) is 0 Å². The predicted octanol–water partition coefficient (Wildman–Crippen LogP) is 4.22. The first kappa shape index (κ1) is 25.3. The minimum Gasteiger partial charge on any atom is -0.466 e. The second-order valence-corrected chi connectivity index (χ2v) is 8.51. The lowest BCUT2D eigenvalue weighted by molar-refractivity contribution is -0.384. The molecule has 3 N–H and O–H groups in total. The summed E-state index contributed by atoms with van der Waals surface area (Å²) < 4.78 is 5.08. The third-order valence-corrected chi connectivity index (χ3v) is 6.22. The van der Waals surface area contributed by atoms with Crippen LogP contribution in [0.3, 0.4) is 0 Å². The van der Waals surface area contributed by atoms with Gasteiger partial charge >= 0.3 is 5.97 Å². The molecule has 188 valence electrons. The van der Waals surface area contributed by atoms with Gasteiger partial charge in [-0.2, -0.15) is 0 Å². The average molecular weight is 500 g/mol. The SMILES string of the molecule is CCOC(=O)C[C@H](c1ccc([N+](=O)[O-])cc1)[C@@H](NC(=O)c1c2ccccc2cc2ccccc12)C(N)=O. The molecule has 37 heavy (non-hydrogen) atoms. The number of nitrogens with one attached hydrogen (secondary N) is 1. The molecule has 0 saturated carbocycles. The third-order valence-electron chi connectivity index (χ3n) is 6.22. The van der Waals surface area contributed by atoms with Crippen molar-refractivity contribution in [2.45, 2.75) is 25.3 Å². The van der Waals surface area contributed by atoms with Gasteiger partial charge in [-0.05, 0) is 40.1 Å². The zero-order chi connectivity index (χ0) is 26.5. The Hall–Kier alpha value is -4.79. The Kier molecular flexibility index (Phi) is 7.43. The van der Waals surface area contributed by atoms with E-state index in [9.17, 15) is 24.5 Å². The molecule has 0 spiro atoms. The molecule has 0 saturated heterocycles. The van der Waals surface area contributed by atoms with Gasteiger partial charge in [0.25, 0.3) is 11.6 Å². The summed E-state index contributed by atoms with van der Waals surface area (Å²) in [6.07, 6.45) is -0.268. The number of nitrogens with two attached hydrogens (primary N) is 1. The smallest absolute Gasteiger partial charge is 0.306 e. The predicted molar refractivity (Wildman–Crippen MR) is 139 cm³/mol. The zero-order valence-electron chi connectivity index (χ0n) is 20.0. The monoisotopic (exact) mass is 499 g/mol. The van der Waals surface area contributed by atoms with Gasteiger partial charge in [0.1, 0.15) is 6.04 Å². The van der Waals surface area contributed by atoms with Gasteiger partial charge in [0.15, 0.2) is 0 Å². The van der Waals surface area contributed by atoms with E-state index in [0.717, 1.165) is 10.8 Å². The van der Waals surface area contributed by atoms with Crippen LogP contribution < -0.4 is 11.1 Å². The van der Waals surface area contributed by atoms with E-state index >= 15 is 0 Å². The van der Waals surface area contributed by atoms with Crippen LogP contribution in [0.5, 0.6) is 0 Å². The largest absolute Gasteiger partial charge is 0.466 e. The van der Waals surface area contributed by atoms with Gasteiger partial charge in [0.05, 0.1) is 23.5 Å². The molecule has 4 rings (SSSR count). The number of rotatable bonds is 9. The number of nitro benzene ring substituents is 1. The standard InChI is InChI=1S/C28H25N3O6/c1-2-37-24(32)16-23(17-11-13-20(14-12-17)31(35)36)26(27(29)33)30-28(34)25-21-9-5-3-7-18(21)15-19-8-4-6-10-22(19)25/h3-15,23,26H,2,16H2,1H3,(H2,29,33)(H,30,34)/t23-,26-/m1/s1. The summed E-state index contributed by atoms with van der Waals surface area (Å²) in [4.78, 5) is 49.4. The molecule has 2 amide bonds. The number of ether oxygens (including phenoxy) is 1. The van der Waals surface area contributed by atoms with Gasteiger partial charge in [-0.25, -0.2) is 0 Å². The number of carbonyl (C=O) groups excluding carboxylic acids is 3. The number of nitrogens with zero attached hydrogens (tertiary/aromatic N) is 1. The molecule has 0 radical (unpaired) electrons. The van der Waals surface area contributed by atoms with E-state index in [1.165, 1.54) is 24.3 Å². The van der Waals surface area contributed by atoms with Crippen LogP contribution in [0.25, 0.3) is 21.5 Å². The zero-order valence-corrected chi connectivity index (χ0v) is 20.0. The molecule has 2 atom stereocenters. The van der Waals surface area contributed by atoms with Gasteiger partial charge in [0, 0.05) is 18.1 Å². The fraction of sp³-hybridized carbons (Fsp3) is 0.179. The topological polar surface area (TPSA) is 142 Å². The highest BCUT2D eigenvalue weighted by Crippen LogP contribution is 2.30. The summed E-state index contributed by atoms with van der Waals surface area (Å²) in [6, 6.07) is 20.9. The van der Waals surface area contributed by atoms with Crippen LogP contribution in [0.15, 0.2) is 78.9 Å². The molecule has 9 nitrogen and oxygen atoms in total. The highest BCUT2D eigenvalue weighted by atomic mass is 16.6. The molecule has 0 aromatic heterocycles. The van der Waals surface area contributed by atoms with E-state index in [1.807, 2.05) is 54.6 Å². The maximum atomic E-state index is 13.8. The summed E-state index contributed by atoms with van der Waals surface area (Å²) in [5, 5.41) is 16.9. The first-order chi connectivity index (χ1) is 17.8. The van der Waals surface area contributed by atoms with Gasteiger partial charge in [-0.15, -0.1) is 0 Å². The first-order valence-corrected chi connectivity index (χ1v) is 11.7. The third kappa shape index (κ3) is 5.40. The number of fused-ring (bicyclic) bond motifs is 2. The van der Waals surface area contributed by atoms with Crippen molar-refractivity contribution in [2.75, 3.05) is 6.61 Å². The minimum atomic E-state index is -1.30. The molecule has 4 aromatic carbocycles. The fourth-order valence-electron chi connectivity index (χ4n) is 4.51. The second-order valence-electron chi connectivity index (χ2n) is 8.51. The summed E-state index contributed by atoms with van der Waals surface area (Å²) in [7, 11) is 0. The Morgan fingerprint density at radius 3 is 2.03 bits per heavy atom.